The van der Waals surface area contributed by atoms with Crippen LogP contribution in [0.15, 0.2) is 48.5 Å². The van der Waals surface area contributed by atoms with E-state index in [0.29, 0.717) is 16.9 Å². The highest BCUT2D eigenvalue weighted by atomic mass is 16.4. The number of rotatable bonds is 5. The van der Waals surface area contributed by atoms with E-state index in [1.807, 2.05) is 11.9 Å². The van der Waals surface area contributed by atoms with Crippen LogP contribution in [-0.4, -0.2) is 48.1 Å². The lowest BCUT2D eigenvalue weighted by Gasteiger charge is -2.32. The van der Waals surface area contributed by atoms with Crippen LogP contribution in [0.1, 0.15) is 40.2 Å². The molecule has 6 heteroatoms. The molecule has 26 heavy (non-hydrogen) atoms. The molecule has 1 heterocycles. The Morgan fingerprint density at radius 2 is 1.85 bits per heavy atom. The summed E-state index contributed by atoms with van der Waals surface area (Å²) < 4.78 is 0. The van der Waals surface area contributed by atoms with E-state index in [1.165, 1.54) is 11.1 Å². The summed E-state index contributed by atoms with van der Waals surface area (Å²) in [5, 5.41) is 21.5. The van der Waals surface area contributed by atoms with Crippen LogP contribution < -0.4 is 10.8 Å². The number of nitrogens with one attached hydrogen (secondary N) is 1. The lowest BCUT2D eigenvalue weighted by Crippen LogP contribution is -2.38. The van der Waals surface area contributed by atoms with Crippen LogP contribution in [0.25, 0.3) is 0 Å². The summed E-state index contributed by atoms with van der Waals surface area (Å²) in [4.78, 5) is 14.5. The summed E-state index contributed by atoms with van der Waals surface area (Å²) in [6.07, 6.45) is 1.92. The number of nitrogens with zero attached hydrogens (tertiary/aromatic N) is 1. The Bertz CT molecular complexity index is 741. The van der Waals surface area contributed by atoms with E-state index in [2.05, 4.69) is 29.6 Å². The fraction of sp³-hybridized carbons (Fsp3) is 0.350. The summed E-state index contributed by atoms with van der Waals surface area (Å²) in [5.41, 5.74) is 3.62. The Balaban J connectivity index is 1.61. The van der Waals surface area contributed by atoms with E-state index >= 15 is 0 Å². The Morgan fingerprint density at radius 1 is 1.15 bits per heavy atom. The molecular weight excluding hydrogens is 327 g/mol. The lowest BCUT2D eigenvalue weighted by atomic mass is 9.80. The van der Waals surface area contributed by atoms with Crippen LogP contribution in [0.5, 0.6) is 0 Å². The smallest absolute Gasteiger partial charge is 0.423 e. The molecule has 0 atom stereocenters. The maximum Gasteiger partial charge on any atom is 0.488 e. The highest BCUT2D eigenvalue weighted by molar-refractivity contribution is 6.58. The topological polar surface area (TPSA) is 72.8 Å². The van der Waals surface area contributed by atoms with Crippen molar-refractivity contribution in [3.8, 4) is 0 Å². The highest BCUT2D eigenvalue weighted by Gasteiger charge is 2.25. The second-order valence-electron chi connectivity index (χ2n) is 6.84. The average molecular weight is 352 g/mol. The number of carbonyl (C=O) groups excluding carboxylic acids is 1. The van der Waals surface area contributed by atoms with Gasteiger partial charge in [0.15, 0.2) is 0 Å². The zero-order valence-corrected chi connectivity index (χ0v) is 15.1. The van der Waals surface area contributed by atoms with Crippen molar-refractivity contribution in [2.45, 2.75) is 25.3 Å². The van der Waals surface area contributed by atoms with Crippen LogP contribution in [-0.2, 0) is 6.54 Å². The van der Waals surface area contributed by atoms with E-state index in [1.54, 1.807) is 24.3 Å². The predicted molar refractivity (Wildman–Crippen MR) is 103 cm³/mol. The van der Waals surface area contributed by atoms with E-state index in [9.17, 15) is 4.79 Å². The third kappa shape index (κ3) is 4.33. The number of piperidine rings is 1. The van der Waals surface area contributed by atoms with Crippen molar-refractivity contribution in [1.29, 1.82) is 0 Å². The van der Waals surface area contributed by atoms with Gasteiger partial charge in [-0.1, -0.05) is 36.4 Å². The number of amides is 1. The third-order valence-electron chi connectivity index (χ3n) is 5.04. The summed E-state index contributed by atoms with van der Waals surface area (Å²) in [5.74, 6) is 0.495. The standard InChI is InChI=1S/C20H25BN2O3/c1-22-14-15-3-2-4-18(13-15)16-9-11-23(12-10-16)20(24)17-5-7-19(8-6-17)21(25)26/h2-8,13,16,22,25-26H,9-12,14H2,1H3. The van der Waals surface area contributed by atoms with E-state index in [4.69, 9.17) is 10.0 Å². The fourth-order valence-electron chi connectivity index (χ4n) is 3.56. The fourth-order valence-corrected chi connectivity index (χ4v) is 3.56. The van der Waals surface area contributed by atoms with Crippen molar-refractivity contribution in [2.75, 3.05) is 20.1 Å². The normalized spacial score (nSPS) is 15.1. The summed E-state index contributed by atoms with van der Waals surface area (Å²) in [6, 6.07) is 15.2. The van der Waals surface area contributed by atoms with Gasteiger partial charge in [0.2, 0.25) is 0 Å². The molecule has 1 amide bonds. The first-order valence-electron chi connectivity index (χ1n) is 9.07. The molecule has 1 aliphatic heterocycles. The van der Waals surface area contributed by atoms with E-state index in [0.717, 1.165) is 32.5 Å². The molecule has 1 fully saturated rings. The Labute approximate surface area is 154 Å². The number of hydrogen-bond acceptors (Lipinski definition) is 4. The minimum absolute atomic E-state index is 0.00589. The Kier molecular flexibility index (Phi) is 6.09. The molecule has 3 rings (SSSR count). The minimum atomic E-state index is -1.51. The largest absolute Gasteiger partial charge is 0.488 e. The number of hydrogen-bond donors (Lipinski definition) is 3. The lowest BCUT2D eigenvalue weighted by molar-refractivity contribution is 0.0713. The minimum Gasteiger partial charge on any atom is -0.423 e. The maximum absolute atomic E-state index is 12.7. The van der Waals surface area contributed by atoms with Crippen molar-refractivity contribution in [3.05, 3.63) is 65.2 Å². The summed E-state index contributed by atoms with van der Waals surface area (Å²) in [6.45, 7) is 2.35. The molecule has 1 aliphatic rings. The van der Waals surface area contributed by atoms with Gasteiger partial charge < -0.3 is 20.3 Å². The molecule has 2 aromatic rings. The molecular formula is C20H25BN2O3. The summed E-state index contributed by atoms with van der Waals surface area (Å²) >= 11 is 0. The van der Waals surface area contributed by atoms with Gasteiger partial charge in [0.1, 0.15) is 0 Å². The molecule has 5 nitrogen and oxygen atoms in total. The SMILES string of the molecule is CNCc1cccc(C2CCN(C(=O)c3ccc(B(O)O)cc3)CC2)c1. The molecule has 0 aromatic heterocycles. The first kappa shape index (κ1) is 18.6. The molecule has 0 unspecified atom stereocenters. The summed E-state index contributed by atoms with van der Waals surface area (Å²) in [7, 11) is 0.443. The molecule has 136 valence electrons. The van der Waals surface area contributed by atoms with Gasteiger partial charge in [-0.15, -0.1) is 0 Å². The molecule has 0 spiro atoms. The highest BCUT2D eigenvalue weighted by Crippen LogP contribution is 2.29. The van der Waals surface area contributed by atoms with Crippen LogP contribution in [0.3, 0.4) is 0 Å². The van der Waals surface area contributed by atoms with Gasteiger partial charge in [-0.25, -0.2) is 0 Å². The van der Waals surface area contributed by atoms with Gasteiger partial charge in [0, 0.05) is 25.2 Å². The second-order valence-corrected chi connectivity index (χ2v) is 6.84. The van der Waals surface area contributed by atoms with Crippen molar-refractivity contribution < 1.29 is 14.8 Å². The zero-order valence-electron chi connectivity index (χ0n) is 15.1. The molecule has 0 bridgehead atoms. The number of benzene rings is 2. The first-order valence-corrected chi connectivity index (χ1v) is 9.07. The molecule has 2 aromatic carbocycles. The second kappa shape index (κ2) is 8.49. The zero-order chi connectivity index (χ0) is 18.5. The van der Waals surface area contributed by atoms with Crippen molar-refractivity contribution in [2.24, 2.45) is 0 Å². The van der Waals surface area contributed by atoms with Crippen LogP contribution in [0.2, 0.25) is 0 Å². The number of carbonyl (C=O) groups is 1. The van der Waals surface area contributed by atoms with Gasteiger partial charge in [-0.2, -0.15) is 0 Å². The van der Waals surface area contributed by atoms with Crippen LogP contribution >= 0.6 is 0 Å². The van der Waals surface area contributed by atoms with Gasteiger partial charge in [0.05, 0.1) is 0 Å². The van der Waals surface area contributed by atoms with E-state index < -0.39 is 7.12 Å². The number of likely N-dealkylation sites (tertiary alicyclic amines) is 1. The van der Waals surface area contributed by atoms with Crippen molar-refractivity contribution >= 4 is 18.5 Å². The van der Waals surface area contributed by atoms with Crippen molar-refractivity contribution in [3.63, 3.8) is 0 Å². The molecule has 0 radical (unpaired) electrons. The maximum atomic E-state index is 12.7. The monoisotopic (exact) mass is 352 g/mol. The quantitative estimate of drug-likeness (QED) is 0.705. The Morgan fingerprint density at radius 3 is 2.46 bits per heavy atom. The van der Waals surface area contributed by atoms with E-state index in [-0.39, 0.29) is 5.91 Å². The van der Waals surface area contributed by atoms with Gasteiger partial charge in [0.25, 0.3) is 5.91 Å². The third-order valence-corrected chi connectivity index (χ3v) is 5.04. The molecule has 0 aliphatic carbocycles. The van der Waals surface area contributed by atoms with Gasteiger partial charge >= 0.3 is 7.12 Å². The van der Waals surface area contributed by atoms with Gasteiger partial charge in [-0.3, -0.25) is 4.79 Å². The van der Waals surface area contributed by atoms with Gasteiger partial charge in [-0.05, 0) is 54.5 Å². The Hall–Kier alpha value is -2.15. The molecule has 1 saturated heterocycles. The van der Waals surface area contributed by atoms with Crippen LogP contribution in [0, 0.1) is 0 Å². The first-order chi connectivity index (χ1) is 12.6. The molecule has 3 N–H and O–H groups in total. The average Bonchev–Trinajstić information content (AvgIpc) is 2.68. The van der Waals surface area contributed by atoms with Crippen LogP contribution in [0.4, 0.5) is 0 Å². The predicted octanol–water partition coefficient (Wildman–Crippen LogP) is 1.11. The van der Waals surface area contributed by atoms with Crippen molar-refractivity contribution in [1.82, 2.24) is 10.2 Å². The molecule has 0 saturated carbocycles.